The Morgan fingerprint density at radius 3 is 2.62 bits per heavy atom. The maximum Gasteiger partial charge on any atom is 0.243 e. The van der Waals surface area contributed by atoms with Crippen molar-refractivity contribution in [3.05, 3.63) is 66.3 Å². The molecule has 2 aromatic carbocycles. The van der Waals surface area contributed by atoms with Crippen LogP contribution < -0.4 is 10.8 Å². The summed E-state index contributed by atoms with van der Waals surface area (Å²) in [5.74, 6) is -0.518. The summed E-state index contributed by atoms with van der Waals surface area (Å²) in [5, 5.41) is 13.5. The molecule has 0 heterocycles. The van der Waals surface area contributed by atoms with Gasteiger partial charge in [0.05, 0.1) is 0 Å². The van der Waals surface area contributed by atoms with Crippen LogP contribution >= 0.6 is 0 Å². The van der Waals surface area contributed by atoms with Crippen LogP contribution in [0.3, 0.4) is 0 Å². The number of fused-ring (bicyclic) bond motifs is 1. The number of carbonyl (C=O) groups is 2. The van der Waals surface area contributed by atoms with Crippen LogP contribution in [-0.2, 0) is 9.59 Å². The zero-order valence-corrected chi connectivity index (χ0v) is 14.7. The zero-order valence-electron chi connectivity index (χ0n) is 14.7. The smallest absolute Gasteiger partial charge is 0.243 e. The quantitative estimate of drug-likeness (QED) is 0.212. The fourth-order valence-electron chi connectivity index (χ4n) is 2.61. The molecule has 0 unspecified atom stereocenters. The van der Waals surface area contributed by atoms with Crippen molar-refractivity contribution in [2.24, 2.45) is 0 Å². The molecule has 2 aromatic rings. The molecule has 2 amide bonds. The first-order valence-corrected chi connectivity index (χ1v) is 8.74. The van der Waals surface area contributed by atoms with E-state index in [0.717, 1.165) is 18.4 Å². The third kappa shape index (κ3) is 6.53. The largest absolute Gasteiger partial charge is 0.353 e. The molecule has 0 aliphatic rings. The number of benzene rings is 2. The average Bonchev–Trinajstić information content (AvgIpc) is 2.67. The molecule has 26 heavy (non-hydrogen) atoms. The summed E-state index contributed by atoms with van der Waals surface area (Å²) in [6, 6.07) is 14.3. The topological polar surface area (TPSA) is 78.4 Å². The third-order valence-corrected chi connectivity index (χ3v) is 3.96. The second-order valence-corrected chi connectivity index (χ2v) is 5.92. The third-order valence-electron chi connectivity index (χ3n) is 3.96. The number of hydroxylamine groups is 1. The van der Waals surface area contributed by atoms with Gasteiger partial charge in [0, 0.05) is 19.0 Å². The highest BCUT2D eigenvalue weighted by molar-refractivity contribution is 5.91. The molecule has 0 atom stereocenters. The second-order valence-electron chi connectivity index (χ2n) is 5.92. The molecule has 3 N–H and O–H groups in total. The van der Waals surface area contributed by atoms with Gasteiger partial charge in [-0.05, 0) is 29.2 Å². The standard InChI is InChI=1S/C21H24N2O3/c24-20(22-16-7-1-2-15-21(25)23-26)14-6-4-10-18-12-8-11-17-9-3-5-13-19(17)18/h3-6,8-14,26H,1-2,7,15-16H2,(H,22,24)(H,23,25)/b10-4+,14-6+. The summed E-state index contributed by atoms with van der Waals surface area (Å²) in [7, 11) is 0. The van der Waals surface area contributed by atoms with Gasteiger partial charge in [0.2, 0.25) is 11.8 Å². The number of hydrogen-bond donors (Lipinski definition) is 3. The Morgan fingerprint density at radius 2 is 1.77 bits per heavy atom. The molecular weight excluding hydrogens is 328 g/mol. The molecule has 0 aliphatic carbocycles. The van der Waals surface area contributed by atoms with Crippen molar-refractivity contribution in [2.45, 2.75) is 25.7 Å². The predicted molar refractivity (Wildman–Crippen MR) is 104 cm³/mol. The lowest BCUT2D eigenvalue weighted by Crippen LogP contribution is -2.22. The van der Waals surface area contributed by atoms with Crippen LogP contribution in [0.15, 0.2) is 60.7 Å². The number of nitrogens with one attached hydrogen (secondary N) is 2. The monoisotopic (exact) mass is 352 g/mol. The SMILES string of the molecule is O=C(/C=C/C=C/c1cccc2ccccc12)NCCCCCC(=O)NO. The van der Waals surface area contributed by atoms with Crippen molar-refractivity contribution < 1.29 is 14.8 Å². The van der Waals surface area contributed by atoms with Crippen LogP contribution in [0.1, 0.15) is 31.2 Å². The van der Waals surface area contributed by atoms with Gasteiger partial charge in [-0.25, -0.2) is 5.48 Å². The van der Waals surface area contributed by atoms with E-state index in [1.165, 1.54) is 16.8 Å². The lowest BCUT2D eigenvalue weighted by atomic mass is 10.0. The highest BCUT2D eigenvalue weighted by Crippen LogP contribution is 2.19. The average molecular weight is 352 g/mol. The minimum atomic E-state index is -0.380. The molecule has 136 valence electrons. The maximum atomic E-state index is 11.7. The first-order valence-electron chi connectivity index (χ1n) is 8.74. The van der Waals surface area contributed by atoms with Crippen molar-refractivity contribution in [1.82, 2.24) is 10.8 Å². The van der Waals surface area contributed by atoms with Crippen LogP contribution in [0.2, 0.25) is 0 Å². The Morgan fingerprint density at radius 1 is 0.962 bits per heavy atom. The van der Waals surface area contributed by atoms with Gasteiger partial charge in [-0.2, -0.15) is 0 Å². The number of unbranched alkanes of at least 4 members (excludes halogenated alkanes) is 2. The number of amides is 2. The molecule has 0 radical (unpaired) electrons. The van der Waals surface area contributed by atoms with Crippen LogP contribution in [0.4, 0.5) is 0 Å². The van der Waals surface area contributed by atoms with Gasteiger partial charge >= 0.3 is 0 Å². The Balaban J connectivity index is 1.71. The molecular formula is C21H24N2O3. The van der Waals surface area contributed by atoms with E-state index in [2.05, 4.69) is 23.5 Å². The molecule has 0 aliphatic heterocycles. The highest BCUT2D eigenvalue weighted by Gasteiger charge is 1.99. The van der Waals surface area contributed by atoms with Crippen molar-refractivity contribution in [1.29, 1.82) is 0 Å². The van der Waals surface area contributed by atoms with Gasteiger partial charge in [-0.1, -0.05) is 67.1 Å². The molecule has 5 heteroatoms. The van der Waals surface area contributed by atoms with Gasteiger partial charge in [-0.15, -0.1) is 0 Å². The molecule has 2 rings (SSSR count). The van der Waals surface area contributed by atoms with E-state index in [1.54, 1.807) is 11.6 Å². The molecule has 0 spiro atoms. The Hall–Kier alpha value is -2.92. The summed E-state index contributed by atoms with van der Waals surface area (Å²) in [4.78, 5) is 22.6. The lowest BCUT2D eigenvalue weighted by Gasteiger charge is -2.02. The Bertz CT molecular complexity index is 791. The van der Waals surface area contributed by atoms with Gasteiger partial charge < -0.3 is 5.32 Å². The van der Waals surface area contributed by atoms with Crippen molar-refractivity contribution in [2.75, 3.05) is 6.54 Å². The van der Waals surface area contributed by atoms with Crippen molar-refractivity contribution in [3.8, 4) is 0 Å². The van der Waals surface area contributed by atoms with Crippen molar-refractivity contribution >= 4 is 28.7 Å². The minimum absolute atomic E-state index is 0.138. The minimum Gasteiger partial charge on any atom is -0.353 e. The van der Waals surface area contributed by atoms with Gasteiger partial charge in [0.15, 0.2) is 0 Å². The zero-order chi connectivity index (χ0) is 18.6. The van der Waals surface area contributed by atoms with Gasteiger partial charge in [0.25, 0.3) is 0 Å². The van der Waals surface area contributed by atoms with Crippen molar-refractivity contribution in [3.63, 3.8) is 0 Å². The van der Waals surface area contributed by atoms with E-state index in [9.17, 15) is 9.59 Å². The molecule has 0 saturated heterocycles. The fourth-order valence-corrected chi connectivity index (χ4v) is 2.61. The lowest BCUT2D eigenvalue weighted by molar-refractivity contribution is -0.129. The first-order chi connectivity index (χ1) is 12.7. The molecule has 5 nitrogen and oxygen atoms in total. The van der Waals surface area contributed by atoms with Gasteiger partial charge in [0.1, 0.15) is 0 Å². The summed E-state index contributed by atoms with van der Waals surface area (Å²) < 4.78 is 0. The van der Waals surface area contributed by atoms with Crippen LogP contribution in [0.5, 0.6) is 0 Å². The van der Waals surface area contributed by atoms with E-state index in [1.807, 2.05) is 36.4 Å². The molecule has 0 bridgehead atoms. The van der Waals surface area contributed by atoms with E-state index in [0.29, 0.717) is 19.4 Å². The van der Waals surface area contributed by atoms with E-state index >= 15 is 0 Å². The first kappa shape index (κ1) is 19.4. The second kappa shape index (κ2) is 10.8. The molecule has 0 saturated carbocycles. The summed E-state index contributed by atoms with van der Waals surface area (Å²) >= 11 is 0. The number of allylic oxidation sites excluding steroid dienone is 2. The van der Waals surface area contributed by atoms with E-state index < -0.39 is 0 Å². The predicted octanol–water partition coefficient (Wildman–Crippen LogP) is 3.59. The van der Waals surface area contributed by atoms with Gasteiger partial charge in [-0.3, -0.25) is 14.8 Å². The van der Waals surface area contributed by atoms with E-state index in [4.69, 9.17) is 5.21 Å². The summed E-state index contributed by atoms with van der Waals surface area (Å²) in [6.45, 7) is 0.566. The number of carbonyl (C=O) groups excluding carboxylic acids is 2. The summed E-state index contributed by atoms with van der Waals surface area (Å²) in [5.41, 5.74) is 2.71. The summed E-state index contributed by atoms with van der Waals surface area (Å²) in [6.07, 6.45) is 9.66. The Kier molecular flexibility index (Phi) is 8.09. The number of rotatable bonds is 9. The van der Waals surface area contributed by atoms with E-state index in [-0.39, 0.29) is 11.8 Å². The normalized spacial score (nSPS) is 11.3. The number of hydrogen-bond acceptors (Lipinski definition) is 3. The molecule has 0 aromatic heterocycles. The fraction of sp³-hybridized carbons (Fsp3) is 0.238. The highest BCUT2D eigenvalue weighted by atomic mass is 16.5. The Labute approximate surface area is 153 Å². The van der Waals surface area contributed by atoms with Crippen LogP contribution in [0, 0.1) is 0 Å². The van der Waals surface area contributed by atoms with Crippen LogP contribution in [0.25, 0.3) is 16.8 Å². The maximum absolute atomic E-state index is 11.7. The molecule has 0 fully saturated rings. The van der Waals surface area contributed by atoms with Crippen LogP contribution in [-0.4, -0.2) is 23.6 Å².